The minimum absolute atomic E-state index is 0.0103. The number of benzene rings is 2. The lowest BCUT2D eigenvalue weighted by atomic mass is 9.96. The fourth-order valence-corrected chi connectivity index (χ4v) is 15.9. The minimum Gasteiger partial charge on any atom is -0.480 e. The van der Waals surface area contributed by atoms with Crippen molar-refractivity contribution in [3.05, 3.63) is 72.1 Å². The second-order valence-electron chi connectivity index (χ2n) is 33.8. The van der Waals surface area contributed by atoms with Gasteiger partial charge in [0.15, 0.2) is 23.8 Å². The first-order valence-corrected chi connectivity index (χ1v) is 45.2. The topological polar surface area (TPSA) is 752 Å². The number of carbonyl (C=O) groups excluding carboxylic acids is 12. The van der Waals surface area contributed by atoms with Crippen molar-refractivity contribution >= 4 is 122 Å². The van der Waals surface area contributed by atoms with Crippen LogP contribution in [0.5, 0.6) is 0 Å². The molecule has 0 saturated carbocycles. The second kappa shape index (κ2) is 55.4. The number of likely N-dealkylation sites (tertiary alicyclic amines) is 2. The van der Waals surface area contributed by atoms with Gasteiger partial charge >= 0.3 is 5.97 Å². The van der Waals surface area contributed by atoms with Crippen LogP contribution in [0, 0.1) is 33.5 Å². The largest absolute Gasteiger partial charge is 0.480 e. The number of H-pyrrole nitrogens is 2. The summed E-state index contributed by atoms with van der Waals surface area (Å²) >= 11 is 0. The number of para-hydroxylation sites is 2. The molecule has 2 aromatic carbocycles. The van der Waals surface area contributed by atoms with Crippen LogP contribution in [0.2, 0.25) is 0 Å². The van der Waals surface area contributed by atoms with Gasteiger partial charge in [0.1, 0.15) is 72.5 Å². The van der Waals surface area contributed by atoms with E-state index >= 15 is 38.4 Å². The Kier molecular flexibility index (Phi) is 45.3. The Morgan fingerprint density at radius 2 is 0.746 bits per heavy atom. The zero-order chi connectivity index (χ0) is 95.5. The van der Waals surface area contributed by atoms with Crippen LogP contribution < -0.4 is 120 Å². The van der Waals surface area contributed by atoms with Crippen LogP contribution in [-0.4, -0.2) is 263 Å². The van der Waals surface area contributed by atoms with Gasteiger partial charge in [0, 0.05) is 86.3 Å². The quantitative estimate of drug-likeness (QED) is 0.0121. The number of rotatable bonds is 59. The Hall–Kier alpha value is -12.4. The lowest BCUT2D eigenvalue weighted by Gasteiger charge is -2.32. The fraction of sp³-hybridized carbons (Fsp3) is 0.616. The number of unbranched alkanes of at least 4 members (excludes halogenated alkanes) is 3. The van der Waals surface area contributed by atoms with E-state index in [0.717, 1.165) is 10.9 Å². The lowest BCUT2D eigenvalue weighted by molar-refractivity contribution is -0.144. The lowest BCUT2D eigenvalue weighted by Crippen LogP contribution is -2.61. The van der Waals surface area contributed by atoms with E-state index < -0.39 is 161 Å². The number of amides is 12. The molecular weight excluding hydrogens is 1680 g/mol. The highest BCUT2D eigenvalue weighted by atomic mass is 16.4. The van der Waals surface area contributed by atoms with Gasteiger partial charge in [-0.3, -0.25) is 79.2 Å². The molecule has 2 saturated heterocycles. The predicted molar refractivity (Wildman–Crippen MR) is 493 cm³/mol. The number of nitrogens with zero attached hydrogens (tertiary/aromatic N) is 2. The highest BCUT2D eigenvalue weighted by Gasteiger charge is 2.44. The SMILES string of the molecule is CC[C@H](C)[C@H](NC(=O)[C@H](CCCNC(=N)N)NC(=O)[C@@H](N)CCCNC(=N)N)C(=O)N[C@@H](Cc1c[nH]c2ccccc12)C(=O)N[C@@H](CCCCN)C(=O)N1CCC[C@H]1C(=O)N[C@@H](CCCCN)C(=O)N[C@@H](Cc1c[nH]c2ccccc12)C(=O)N[C@@H](CCCNC(=N)N)C(=O)N[C@@H](CC(C)C)C(=O)N1CCC[C@H]1C(=O)N[C@@H](CCCCN)C(=O)N[C@@H](CCCNC(=N)N)C(=O)O. The number of carboxylic acid groups (broad SMARTS) is 1. The monoisotopic (exact) mass is 1820 g/mol. The molecular formula is C86H142N30O14. The van der Waals surface area contributed by atoms with E-state index in [1.165, 1.54) is 9.80 Å². The summed E-state index contributed by atoms with van der Waals surface area (Å²) in [5.74, 6) is -12.5. The molecule has 37 N–H and O–H groups in total. The fourth-order valence-electron chi connectivity index (χ4n) is 15.9. The zero-order valence-electron chi connectivity index (χ0n) is 75.2. The molecule has 2 aliphatic rings. The third-order valence-corrected chi connectivity index (χ3v) is 23.2. The number of hydrogen-bond donors (Lipinski definition) is 29. The van der Waals surface area contributed by atoms with Crippen molar-refractivity contribution in [2.75, 3.05) is 58.9 Å². The van der Waals surface area contributed by atoms with Gasteiger partial charge in [0.2, 0.25) is 70.9 Å². The molecule has 6 rings (SSSR count). The van der Waals surface area contributed by atoms with Gasteiger partial charge in [-0.15, -0.1) is 0 Å². The van der Waals surface area contributed by atoms with E-state index in [1.807, 2.05) is 44.2 Å². The first-order valence-electron chi connectivity index (χ1n) is 45.2. The number of nitrogens with two attached hydrogens (primary N) is 8. The molecule has 0 aliphatic carbocycles. The highest BCUT2D eigenvalue weighted by molar-refractivity contribution is 6.01. The standard InChI is InChI=1S/C86H142N30O14/c1-5-50(4)69(114-74(121)61(31-18-40-101-85(95)96)105-70(117)55(90)24-16-38-99-83(91)92)79(126)112-65(46-52-48-104-57-26-9-7-23-54(52)57)76(123)109-62(29-12-15-37-89)80(127)115-42-20-33-67(115)77(124)108-59(28-11-14-36-88)72(119)111-64(45-51-47-103-56-25-8-6-22-53(51)56)75(122)106-60(30-17-39-100-84(93)94)73(120)113-66(44-49(2)3)81(128)116-43-21-34-68(116)78(125)107-58(27-10-13-35-87)71(118)110-63(82(129)130)32-19-41-102-86(97)98/h6-9,22-23,25-26,47-50,55,58-69,103-104H,5,10-21,24,27-46,87-90H2,1-4H3,(H,105,117)(H,106,122)(H,107,125)(H,108,124)(H,109,123)(H,110,118)(H,111,119)(H,112,126)(H,113,120)(H,114,121)(H,129,130)(H4,91,92,99)(H4,93,94,100)(H4,95,96,101)(H4,97,98,102)/t50-,55-,58-,59-,60-,61-,62-,63-,64-,65-,66-,67-,68-,69-/m0/s1. The molecule has 44 heteroatoms. The van der Waals surface area contributed by atoms with E-state index in [-0.39, 0.29) is 191 Å². The molecule has 720 valence electrons. The maximum Gasteiger partial charge on any atom is 0.326 e. The number of fused-ring (bicyclic) bond motifs is 2. The van der Waals surface area contributed by atoms with Crippen LogP contribution in [0.4, 0.5) is 0 Å². The van der Waals surface area contributed by atoms with E-state index in [2.05, 4.69) is 84.4 Å². The third-order valence-electron chi connectivity index (χ3n) is 23.2. The Morgan fingerprint density at radius 3 is 1.15 bits per heavy atom. The summed E-state index contributed by atoms with van der Waals surface area (Å²) in [6, 6.07) is -2.54. The highest BCUT2D eigenvalue weighted by Crippen LogP contribution is 2.27. The average molecular weight is 1820 g/mol. The predicted octanol–water partition coefficient (Wildman–Crippen LogP) is -2.79. The van der Waals surface area contributed by atoms with Gasteiger partial charge in [-0.2, -0.15) is 0 Å². The van der Waals surface area contributed by atoms with Gasteiger partial charge in [0.05, 0.1) is 6.04 Å². The van der Waals surface area contributed by atoms with E-state index in [4.69, 9.17) is 67.5 Å². The number of carboxylic acids is 1. The normalized spacial score (nSPS) is 16.4. The molecule has 0 unspecified atom stereocenters. The summed E-state index contributed by atoms with van der Waals surface area (Å²) in [5, 5.41) is 80.5. The molecule has 12 amide bonds. The summed E-state index contributed by atoms with van der Waals surface area (Å²) in [4.78, 5) is 200. The van der Waals surface area contributed by atoms with Crippen molar-refractivity contribution in [1.29, 1.82) is 21.6 Å². The van der Waals surface area contributed by atoms with Gasteiger partial charge in [0.25, 0.3) is 0 Å². The maximum absolute atomic E-state index is 15.5. The van der Waals surface area contributed by atoms with E-state index in [9.17, 15) is 29.1 Å². The van der Waals surface area contributed by atoms with E-state index in [1.54, 1.807) is 44.4 Å². The molecule has 44 nitrogen and oxygen atoms in total. The van der Waals surface area contributed by atoms with Gasteiger partial charge in [-0.1, -0.05) is 70.5 Å². The van der Waals surface area contributed by atoms with Crippen LogP contribution in [-0.2, 0) is 75.2 Å². The first kappa shape index (κ1) is 106. The number of guanidine groups is 4. The van der Waals surface area contributed by atoms with Crippen molar-refractivity contribution in [2.24, 2.45) is 57.7 Å². The number of aliphatic carboxylic acids is 1. The van der Waals surface area contributed by atoms with E-state index in [0.29, 0.717) is 79.8 Å². The molecule has 2 aromatic heterocycles. The summed E-state index contributed by atoms with van der Waals surface area (Å²) < 4.78 is 0. The molecule has 2 aliphatic heterocycles. The summed E-state index contributed by atoms with van der Waals surface area (Å²) in [6.45, 7) is 8.57. The molecule has 0 bridgehead atoms. The summed E-state index contributed by atoms with van der Waals surface area (Å²) in [6.07, 6.45) is 7.59. The zero-order valence-corrected chi connectivity index (χ0v) is 75.2. The number of hydrogen-bond acceptors (Lipinski definition) is 21. The molecule has 130 heavy (non-hydrogen) atoms. The van der Waals surface area contributed by atoms with Crippen LogP contribution in [0.15, 0.2) is 60.9 Å². The Balaban J connectivity index is 1.27. The minimum atomic E-state index is -1.50. The number of carbonyl (C=O) groups is 13. The van der Waals surface area contributed by atoms with Crippen molar-refractivity contribution in [2.45, 2.75) is 267 Å². The van der Waals surface area contributed by atoms with Crippen molar-refractivity contribution < 1.29 is 67.4 Å². The Labute approximate surface area is 757 Å². The summed E-state index contributed by atoms with van der Waals surface area (Å²) in [5.41, 5.74) is 48.7. The Morgan fingerprint density at radius 1 is 0.415 bits per heavy atom. The second-order valence-corrected chi connectivity index (χ2v) is 33.8. The van der Waals surface area contributed by atoms with Crippen molar-refractivity contribution in [1.82, 2.24) is 94.2 Å². The maximum atomic E-state index is 15.5. The summed E-state index contributed by atoms with van der Waals surface area (Å²) in [7, 11) is 0. The Bertz CT molecular complexity index is 4450. The van der Waals surface area contributed by atoms with Crippen LogP contribution in [0.25, 0.3) is 21.8 Å². The first-order chi connectivity index (χ1) is 62.1. The van der Waals surface area contributed by atoms with Gasteiger partial charge < -0.3 is 145 Å². The number of aromatic amines is 2. The van der Waals surface area contributed by atoms with Crippen molar-refractivity contribution in [3.8, 4) is 0 Å². The average Bonchev–Trinajstić information content (AvgIpc) is 1.72. The molecule has 4 aromatic rings. The molecule has 14 atom stereocenters. The molecule has 2 fully saturated rings. The molecule has 0 radical (unpaired) electrons. The van der Waals surface area contributed by atoms with Crippen molar-refractivity contribution in [3.63, 3.8) is 0 Å². The van der Waals surface area contributed by atoms with Gasteiger partial charge in [-0.05, 0) is 196 Å². The number of nitrogens with one attached hydrogen (secondary N) is 20. The van der Waals surface area contributed by atoms with Crippen LogP contribution in [0.1, 0.15) is 187 Å². The molecule has 4 heterocycles. The third kappa shape index (κ3) is 34.9. The number of aromatic nitrogens is 2. The van der Waals surface area contributed by atoms with Crippen LogP contribution in [0.3, 0.4) is 0 Å². The van der Waals surface area contributed by atoms with Gasteiger partial charge in [-0.25, -0.2) is 4.79 Å². The van der Waals surface area contributed by atoms with Crippen LogP contribution >= 0.6 is 0 Å². The smallest absolute Gasteiger partial charge is 0.326 e. The molecule has 0 spiro atoms.